The number of alkyl halides is 3. The lowest BCUT2D eigenvalue weighted by molar-refractivity contribution is -0.189. The van der Waals surface area contributed by atoms with Gasteiger partial charge in [0, 0.05) is 37.0 Å². The summed E-state index contributed by atoms with van der Waals surface area (Å²) in [4.78, 5) is 27.1. The topological polar surface area (TPSA) is 49.9 Å². The maximum Gasteiger partial charge on any atom is 0.471 e. The highest BCUT2D eigenvalue weighted by Gasteiger charge is 2.55. The van der Waals surface area contributed by atoms with E-state index in [1.807, 2.05) is 50.3 Å². The van der Waals surface area contributed by atoms with Crippen LogP contribution >= 0.6 is 0 Å². The van der Waals surface area contributed by atoms with Crippen LogP contribution in [0.1, 0.15) is 53.0 Å². The third-order valence-electron chi connectivity index (χ3n) is 6.05. The van der Waals surface area contributed by atoms with Gasteiger partial charge in [0.15, 0.2) is 0 Å². The molecule has 5 nitrogen and oxygen atoms in total. The number of benzene rings is 1. The van der Waals surface area contributed by atoms with Gasteiger partial charge in [-0.15, -0.1) is 0 Å². The van der Waals surface area contributed by atoms with E-state index in [1.165, 1.54) is 4.90 Å². The summed E-state index contributed by atoms with van der Waals surface area (Å²) in [6.07, 6.45) is -2.20. The van der Waals surface area contributed by atoms with Crippen LogP contribution in [-0.2, 0) is 9.53 Å². The molecule has 1 aliphatic heterocycles. The molecule has 1 saturated carbocycles. The Morgan fingerprint density at radius 3 is 2.30 bits per heavy atom. The third-order valence-corrected chi connectivity index (χ3v) is 6.05. The minimum Gasteiger partial charge on any atom is -0.444 e. The molecule has 182 valence electrons. The maximum absolute atomic E-state index is 13.4. The molecule has 0 aromatic heterocycles. The second kappa shape index (κ2) is 9.03. The predicted octanol–water partition coefficient (Wildman–Crippen LogP) is 5.52. The zero-order valence-corrected chi connectivity index (χ0v) is 19.9. The summed E-state index contributed by atoms with van der Waals surface area (Å²) in [7, 11) is 0. The molecule has 8 heteroatoms. The highest BCUT2D eigenvalue weighted by atomic mass is 19.4. The van der Waals surface area contributed by atoms with E-state index >= 15 is 0 Å². The van der Waals surface area contributed by atoms with E-state index in [-0.39, 0.29) is 25.6 Å². The summed E-state index contributed by atoms with van der Waals surface area (Å²) >= 11 is 0. The van der Waals surface area contributed by atoms with Crippen molar-refractivity contribution in [1.29, 1.82) is 0 Å². The van der Waals surface area contributed by atoms with E-state index in [1.54, 1.807) is 20.8 Å². The molecule has 1 aromatic carbocycles. The first-order chi connectivity index (χ1) is 15.2. The van der Waals surface area contributed by atoms with Crippen molar-refractivity contribution < 1.29 is 27.5 Å². The Balaban J connectivity index is 1.72. The third kappa shape index (κ3) is 6.30. The summed E-state index contributed by atoms with van der Waals surface area (Å²) < 4.78 is 45.7. The first-order valence-electron chi connectivity index (χ1n) is 11.3. The average molecular weight is 467 g/mol. The van der Waals surface area contributed by atoms with Crippen LogP contribution in [0.25, 0.3) is 6.08 Å². The van der Waals surface area contributed by atoms with Crippen molar-refractivity contribution in [3.8, 4) is 0 Å². The Morgan fingerprint density at radius 1 is 1.18 bits per heavy atom. The number of nitrogens with zero attached hydrogens (tertiary/aromatic N) is 2. The van der Waals surface area contributed by atoms with Crippen LogP contribution in [0.4, 0.5) is 18.0 Å². The van der Waals surface area contributed by atoms with Gasteiger partial charge >= 0.3 is 18.2 Å². The van der Waals surface area contributed by atoms with Gasteiger partial charge in [-0.25, -0.2) is 4.79 Å². The van der Waals surface area contributed by atoms with Crippen LogP contribution in [0, 0.1) is 11.3 Å². The molecule has 1 aliphatic carbocycles. The number of rotatable bonds is 6. The van der Waals surface area contributed by atoms with Crippen LogP contribution in [0.2, 0.25) is 0 Å². The number of hydrogen-bond donors (Lipinski definition) is 0. The van der Waals surface area contributed by atoms with Crippen molar-refractivity contribution >= 4 is 18.1 Å². The van der Waals surface area contributed by atoms with E-state index in [9.17, 15) is 22.8 Å². The van der Waals surface area contributed by atoms with Crippen molar-refractivity contribution in [1.82, 2.24) is 9.80 Å². The molecule has 1 heterocycles. The predicted molar refractivity (Wildman–Crippen MR) is 120 cm³/mol. The molecule has 2 fully saturated rings. The number of carbonyl (C=O) groups excluding carboxylic acids is 2. The Labute approximate surface area is 193 Å². The summed E-state index contributed by atoms with van der Waals surface area (Å²) in [5, 5.41) is 0. The van der Waals surface area contributed by atoms with E-state index in [0.717, 1.165) is 16.0 Å². The second-order valence-corrected chi connectivity index (χ2v) is 10.5. The SMILES string of the molecule is CCC(=Cc1ccccc1)C1C[C@@H]1N(CC1(C)CN(C(=O)OC(C)(C)C)C1)C(=O)C(F)(F)F. The van der Waals surface area contributed by atoms with Crippen molar-refractivity contribution in [2.45, 2.75) is 65.3 Å². The van der Waals surface area contributed by atoms with Gasteiger partial charge in [0.2, 0.25) is 0 Å². The summed E-state index contributed by atoms with van der Waals surface area (Å²) in [5.74, 6) is -1.89. The van der Waals surface area contributed by atoms with Gasteiger partial charge in [0.1, 0.15) is 5.60 Å². The number of halogens is 3. The molecule has 0 radical (unpaired) electrons. The van der Waals surface area contributed by atoms with Gasteiger partial charge in [0.05, 0.1) is 0 Å². The van der Waals surface area contributed by atoms with E-state index in [2.05, 4.69) is 0 Å². The molecule has 1 aromatic rings. The van der Waals surface area contributed by atoms with E-state index in [0.29, 0.717) is 12.8 Å². The second-order valence-electron chi connectivity index (χ2n) is 10.5. The largest absolute Gasteiger partial charge is 0.471 e. The molecule has 2 aliphatic rings. The molecule has 3 rings (SSSR count). The molecular formula is C25H33F3N2O3. The minimum atomic E-state index is -4.94. The van der Waals surface area contributed by atoms with Gasteiger partial charge in [-0.2, -0.15) is 13.2 Å². The Bertz CT molecular complexity index is 900. The highest BCUT2D eigenvalue weighted by Crippen LogP contribution is 2.46. The molecule has 1 saturated heterocycles. The fourth-order valence-electron chi connectivity index (χ4n) is 4.50. The smallest absolute Gasteiger partial charge is 0.444 e. The van der Waals surface area contributed by atoms with Gasteiger partial charge in [0.25, 0.3) is 0 Å². The van der Waals surface area contributed by atoms with Crippen molar-refractivity contribution in [2.24, 2.45) is 11.3 Å². The number of amides is 2. The standard InChI is InChI=1S/C25H33F3N2O3/c1-6-18(12-17-10-8-7-9-11-17)19-13-20(19)30(21(31)25(26,27)28)16-24(5)14-29(15-24)22(32)33-23(2,3)4/h7-12,19-20H,6,13-16H2,1-5H3/t19?,20-/m0/s1. The molecule has 1 unspecified atom stereocenters. The highest BCUT2D eigenvalue weighted by molar-refractivity contribution is 5.83. The lowest BCUT2D eigenvalue weighted by atomic mass is 9.81. The fraction of sp³-hybridized carbons (Fsp3) is 0.600. The van der Waals surface area contributed by atoms with Crippen LogP contribution < -0.4 is 0 Å². The van der Waals surface area contributed by atoms with Gasteiger partial charge in [-0.05, 0) is 39.2 Å². The molecule has 0 bridgehead atoms. The Morgan fingerprint density at radius 2 is 1.79 bits per heavy atom. The van der Waals surface area contributed by atoms with Crippen molar-refractivity contribution in [2.75, 3.05) is 19.6 Å². The van der Waals surface area contributed by atoms with E-state index < -0.39 is 35.2 Å². The minimum absolute atomic E-state index is 0.0475. The lowest BCUT2D eigenvalue weighted by Crippen LogP contribution is -2.63. The number of hydrogen-bond acceptors (Lipinski definition) is 3. The van der Waals surface area contributed by atoms with Crippen LogP contribution in [0.3, 0.4) is 0 Å². The van der Waals surface area contributed by atoms with Gasteiger partial charge < -0.3 is 14.5 Å². The van der Waals surface area contributed by atoms with Gasteiger partial charge in [-0.1, -0.05) is 55.8 Å². The molecule has 2 amide bonds. The first-order valence-corrected chi connectivity index (χ1v) is 11.3. The number of likely N-dealkylation sites (tertiary alicyclic amines) is 1. The normalized spacial score (nSPS) is 22.4. The molecule has 0 spiro atoms. The van der Waals surface area contributed by atoms with Crippen LogP contribution in [0.5, 0.6) is 0 Å². The monoisotopic (exact) mass is 466 g/mol. The van der Waals surface area contributed by atoms with Crippen LogP contribution in [-0.4, -0.2) is 59.3 Å². The van der Waals surface area contributed by atoms with E-state index in [4.69, 9.17) is 4.74 Å². The molecule has 0 N–H and O–H groups in total. The molecule has 2 atom stereocenters. The zero-order valence-electron chi connectivity index (χ0n) is 19.9. The number of carbonyl (C=O) groups is 2. The van der Waals surface area contributed by atoms with Crippen molar-refractivity contribution in [3.05, 3.63) is 41.5 Å². The zero-order chi connectivity index (χ0) is 24.6. The summed E-state index contributed by atoms with van der Waals surface area (Å²) in [6.45, 7) is 9.52. The number of ether oxygens (including phenoxy) is 1. The van der Waals surface area contributed by atoms with Gasteiger partial charge in [-0.3, -0.25) is 4.79 Å². The Kier molecular flexibility index (Phi) is 6.87. The maximum atomic E-state index is 13.4. The van der Waals surface area contributed by atoms with Crippen molar-refractivity contribution in [3.63, 3.8) is 0 Å². The summed E-state index contributed by atoms with van der Waals surface area (Å²) in [6, 6.07) is 9.15. The summed E-state index contributed by atoms with van der Waals surface area (Å²) in [5.41, 5.74) is 0.776. The quantitative estimate of drug-likeness (QED) is 0.555. The Hall–Kier alpha value is -2.51. The molecule has 33 heavy (non-hydrogen) atoms. The lowest BCUT2D eigenvalue weighted by Gasteiger charge is -2.49. The molecular weight excluding hydrogens is 433 g/mol. The van der Waals surface area contributed by atoms with Crippen LogP contribution in [0.15, 0.2) is 35.9 Å². The fourth-order valence-corrected chi connectivity index (χ4v) is 4.50. The first kappa shape index (κ1) is 25.1. The average Bonchev–Trinajstić information content (AvgIpc) is 3.46.